The fraction of sp³-hybridized carbons (Fsp3) is 0.429. The number of hydrogen-bond acceptors (Lipinski definition) is 3. The third-order valence-corrected chi connectivity index (χ3v) is 2.79. The first-order chi connectivity index (χ1) is 8.73. The lowest BCUT2D eigenvalue weighted by molar-refractivity contribution is -0.149. The van der Waals surface area contributed by atoms with Crippen LogP contribution in [0.1, 0.15) is 32.4 Å². The molecule has 0 aliphatic heterocycles. The van der Waals surface area contributed by atoms with Crippen molar-refractivity contribution in [1.29, 1.82) is 0 Å². The summed E-state index contributed by atoms with van der Waals surface area (Å²) in [5.41, 5.74) is 6.01. The zero-order valence-corrected chi connectivity index (χ0v) is 11.5. The van der Waals surface area contributed by atoms with Crippen LogP contribution in [-0.4, -0.2) is 34.0 Å². The van der Waals surface area contributed by atoms with E-state index in [9.17, 15) is 9.59 Å². The SMILES string of the molecule is CC(C)(C)N(CC(=O)O)C(=O)[C@@H](N)c1ccccc1. The molecule has 0 unspecified atom stereocenters. The van der Waals surface area contributed by atoms with Crippen molar-refractivity contribution in [2.45, 2.75) is 32.4 Å². The van der Waals surface area contributed by atoms with Crippen LogP contribution >= 0.6 is 0 Å². The average molecular weight is 264 g/mol. The molecular formula is C14H20N2O3. The minimum Gasteiger partial charge on any atom is -0.480 e. The van der Waals surface area contributed by atoms with Crippen LogP contribution in [0.4, 0.5) is 0 Å². The lowest BCUT2D eigenvalue weighted by Crippen LogP contribution is -2.51. The first-order valence-electron chi connectivity index (χ1n) is 6.07. The van der Waals surface area contributed by atoms with Gasteiger partial charge in [0.25, 0.3) is 0 Å². The van der Waals surface area contributed by atoms with Gasteiger partial charge in [0.1, 0.15) is 12.6 Å². The van der Waals surface area contributed by atoms with Gasteiger partial charge in [-0.15, -0.1) is 0 Å². The van der Waals surface area contributed by atoms with Gasteiger partial charge in [0, 0.05) is 5.54 Å². The molecule has 0 radical (unpaired) electrons. The van der Waals surface area contributed by atoms with Crippen LogP contribution in [0.2, 0.25) is 0 Å². The first kappa shape index (κ1) is 15.2. The van der Waals surface area contributed by atoms with Gasteiger partial charge in [-0.05, 0) is 26.3 Å². The third kappa shape index (κ3) is 4.06. The molecular weight excluding hydrogens is 244 g/mol. The lowest BCUT2D eigenvalue weighted by Gasteiger charge is -2.36. The standard InChI is InChI=1S/C14H20N2O3/c1-14(2,3)16(9-11(17)18)13(19)12(15)10-7-5-4-6-8-10/h4-8,12H,9,15H2,1-3H3,(H,17,18)/t12-/m0/s1. The molecule has 0 saturated carbocycles. The minimum absolute atomic E-state index is 0.358. The van der Waals surface area contributed by atoms with Crippen LogP contribution in [0.3, 0.4) is 0 Å². The van der Waals surface area contributed by atoms with Crippen LogP contribution < -0.4 is 5.73 Å². The molecule has 0 spiro atoms. The summed E-state index contributed by atoms with van der Waals surface area (Å²) < 4.78 is 0. The Morgan fingerprint density at radius 3 is 2.21 bits per heavy atom. The van der Waals surface area contributed by atoms with Crippen molar-refractivity contribution in [2.24, 2.45) is 5.73 Å². The summed E-state index contributed by atoms with van der Waals surface area (Å²) >= 11 is 0. The summed E-state index contributed by atoms with van der Waals surface area (Å²) in [6, 6.07) is 8.08. The van der Waals surface area contributed by atoms with Crippen LogP contribution in [0.15, 0.2) is 30.3 Å². The van der Waals surface area contributed by atoms with Gasteiger partial charge in [-0.25, -0.2) is 0 Å². The molecule has 5 heteroatoms. The van der Waals surface area contributed by atoms with Crippen molar-refractivity contribution < 1.29 is 14.7 Å². The largest absolute Gasteiger partial charge is 0.480 e. The van der Waals surface area contributed by atoms with E-state index in [1.165, 1.54) is 4.90 Å². The summed E-state index contributed by atoms with van der Waals surface area (Å²) in [6.07, 6.45) is 0. The van der Waals surface area contributed by atoms with E-state index >= 15 is 0 Å². The van der Waals surface area contributed by atoms with E-state index < -0.39 is 17.6 Å². The Morgan fingerprint density at radius 2 is 1.79 bits per heavy atom. The number of carboxylic acids is 1. The molecule has 0 aliphatic carbocycles. The molecule has 0 heterocycles. The number of aliphatic carboxylic acids is 1. The molecule has 0 fully saturated rings. The van der Waals surface area contributed by atoms with Gasteiger partial charge in [0.05, 0.1) is 0 Å². The van der Waals surface area contributed by atoms with Gasteiger partial charge < -0.3 is 15.7 Å². The number of rotatable bonds is 4. The molecule has 1 rings (SSSR count). The monoisotopic (exact) mass is 264 g/mol. The molecule has 0 aliphatic rings. The number of carbonyl (C=O) groups excluding carboxylic acids is 1. The molecule has 1 aromatic carbocycles. The number of carboxylic acid groups (broad SMARTS) is 1. The fourth-order valence-electron chi connectivity index (χ4n) is 1.75. The van der Waals surface area contributed by atoms with Gasteiger partial charge in [0.2, 0.25) is 5.91 Å². The van der Waals surface area contributed by atoms with Crippen molar-refractivity contribution in [3.8, 4) is 0 Å². The van der Waals surface area contributed by atoms with E-state index in [0.717, 1.165) is 0 Å². The second-order valence-electron chi connectivity index (χ2n) is 5.38. The van der Waals surface area contributed by atoms with Gasteiger partial charge in [-0.1, -0.05) is 30.3 Å². The Hall–Kier alpha value is -1.88. The molecule has 1 aromatic rings. The molecule has 1 atom stereocenters. The minimum atomic E-state index is -1.05. The maximum Gasteiger partial charge on any atom is 0.323 e. The second-order valence-corrected chi connectivity index (χ2v) is 5.38. The number of nitrogens with zero attached hydrogens (tertiary/aromatic N) is 1. The molecule has 5 nitrogen and oxygen atoms in total. The van der Waals surface area contributed by atoms with Crippen molar-refractivity contribution in [2.75, 3.05) is 6.54 Å². The zero-order valence-electron chi connectivity index (χ0n) is 11.5. The van der Waals surface area contributed by atoms with Gasteiger partial charge >= 0.3 is 5.97 Å². The van der Waals surface area contributed by atoms with E-state index in [0.29, 0.717) is 5.56 Å². The molecule has 0 aromatic heterocycles. The van der Waals surface area contributed by atoms with Crippen molar-refractivity contribution in [3.63, 3.8) is 0 Å². The summed E-state index contributed by atoms with van der Waals surface area (Å²) in [5.74, 6) is -1.44. The smallest absolute Gasteiger partial charge is 0.323 e. The van der Waals surface area contributed by atoms with E-state index in [1.807, 2.05) is 6.07 Å². The summed E-state index contributed by atoms with van der Waals surface area (Å²) in [4.78, 5) is 24.5. The van der Waals surface area contributed by atoms with E-state index in [-0.39, 0.29) is 12.5 Å². The number of nitrogens with two attached hydrogens (primary N) is 1. The van der Waals surface area contributed by atoms with E-state index in [1.54, 1.807) is 45.0 Å². The van der Waals surface area contributed by atoms with E-state index in [2.05, 4.69) is 0 Å². The highest BCUT2D eigenvalue weighted by atomic mass is 16.4. The number of benzene rings is 1. The topological polar surface area (TPSA) is 83.6 Å². The van der Waals surface area contributed by atoms with Crippen molar-refractivity contribution in [1.82, 2.24) is 4.90 Å². The molecule has 104 valence electrons. The Morgan fingerprint density at radius 1 is 1.26 bits per heavy atom. The molecule has 0 saturated heterocycles. The number of hydrogen-bond donors (Lipinski definition) is 2. The highest BCUT2D eigenvalue weighted by Crippen LogP contribution is 2.19. The number of amides is 1. The van der Waals surface area contributed by atoms with Gasteiger partial charge in [0.15, 0.2) is 0 Å². The Balaban J connectivity index is 2.97. The summed E-state index contributed by atoms with van der Waals surface area (Å²) in [6.45, 7) is 4.99. The quantitative estimate of drug-likeness (QED) is 0.861. The van der Waals surface area contributed by atoms with Crippen LogP contribution in [0, 0.1) is 0 Å². The average Bonchev–Trinajstić information content (AvgIpc) is 2.34. The van der Waals surface area contributed by atoms with Crippen molar-refractivity contribution in [3.05, 3.63) is 35.9 Å². The predicted molar refractivity (Wildman–Crippen MR) is 72.5 cm³/mol. The summed E-state index contributed by atoms with van der Waals surface area (Å²) in [7, 11) is 0. The third-order valence-electron chi connectivity index (χ3n) is 2.79. The van der Waals surface area contributed by atoms with Gasteiger partial charge in [-0.2, -0.15) is 0 Å². The van der Waals surface area contributed by atoms with Crippen molar-refractivity contribution >= 4 is 11.9 Å². The second kappa shape index (κ2) is 5.84. The maximum atomic E-state index is 12.4. The number of carbonyl (C=O) groups is 2. The molecule has 0 bridgehead atoms. The summed E-state index contributed by atoms with van der Waals surface area (Å²) in [5, 5.41) is 8.91. The Labute approximate surface area is 113 Å². The van der Waals surface area contributed by atoms with Crippen LogP contribution in [-0.2, 0) is 9.59 Å². The lowest BCUT2D eigenvalue weighted by atomic mass is 10.0. The molecule has 3 N–H and O–H groups in total. The van der Waals surface area contributed by atoms with Crippen LogP contribution in [0.25, 0.3) is 0 Å². The zero-order chi connectivity index (χ0) is 14.6. The highest BCUT2D eigenvalue weighted by molar-refractivity contribution is 5.86. The Kier molecular flexibility index (Phi) is 4.67. The van der Waals surface area contributed by atoms with Gasteiger partial charge in [-0.3, -0.25) is 9.59 Å². The fourth-order valence-corrected chi connectivity index (χ4v) is 1.75. The maximum absolute atomic E-state index is 12.4. The first-order valence-corrected chi connectivity index (χ1v) is 6.07. The van der Waals surface area contributed by atoms with Crippen LogP contribution in [0.5, 0.6) is 0 Å². The predicted octanol–water partition coefficient (Wildman–Crippen LogP) is 1.40. The Bertz CT molecular complexity index is 452. The molecule has 1 amide bonds. The molecule has 19 heavy (non-hydrogen) atoms. The normalized spacial score (nSPS) is 12.8. The van der Waals surface area contributed by atoms with E-state index in [4.69, 9.17) is 10.8 Å². The highest BCUT2D eigenvalue weighted by Gasteiger charge is 2.32.